The van der Waals surface area contributed by atoms with Crippen LogP contribution in [0.1, 0.15) is 29.3 Å². The molecule has 1 atom stereocenters. The summed E-state index contributed by atoms with van der Waals surface area (Å²) in [5.74, 6) is -0.947. The molecule has 0 spiro atoms. The van der Waals surface area contributed by atoms with Crippen molar-refractivity contribution in [2.45, 2.75) is 23.5 Å². The number of rotatable bonds is 10. The SMILES string of the molecule is CCC(Sc1cccc(NC(=O)/C(=C\c2cccc3ccccc23)NC(=O)c2ccccc2)c1)C(=O)Nc1cccc2ccccc12. The molecule has 3 amide bonds. The largest absolute Gasteiger partial charge is 0.325 e. The van der Waals surface area contributed by atoms with Gasteiger partial charge in [0.25, 0.3) is 11.8 Å². The summed E-state index contributed by atoms with van der Waals surface area (Å²) in [6, 6.07) is 43.7. The Morgan fingerprint density at radius 3 is 2.09 bits per heavy atom. The van der Waals surface area contributed by atoms with Gasteiger partial charge in [0.2, 0.25) is 5.91 Å². The third kappa shape index (κ3) is 7.60. The smallest absolute Gasteiger partial charge is 0.272 e. The first-order valence-corrected chi connectivity index (χ1v) is 16.3. The summed E-state index contributed by atoms with van der Waals surface area (Å²) >= 11 is 1.44. The van der Waals surface area contributed by atoms with Gasteiger partial charge in [0.05, 0.1) is 5.25 Å². The van der Waals surface area contributed by atoms with Crippen LogP contribution in [0.3, 0.4) is 0 Å². The average molecular weight is 636 g/mol. The number of nitrogens with one attached hydrogen (secondary N) is 3. The maximum absolute atomic E-state index is 13.8. The van der Waals surface area contributed by atoms with Crippen molar-refractivity contribution in [3.05, 3.63) is 156 Å². The number of benzene rings is 6. The Kier molecular flexibility index (Phi) is 9.75. The molecule has 0 aromatic heterocycles. The van der Waals surface area contributed by atoms with E-state index in [4.69, 9.17) is 0 Å². The number of thioether (sulfide) groups is 1. The van der Waals surface area contributed by atoms with E-state index in [9.17, 15) is 14.4 Å². The van der Waals surface area contributed by atoms with Crippen molar-refractivity contribution in [3.8, 4) is 0 Å². The van der Waals surface area contributed by atoms with E-state index in [1.54, 1.807) is 36.4 Å². The zero-order valence-electron chi connectivity index (χ0n) is 25.8. The van der Waals surface area contributed by atoms with Gasteiger partial charge >= 0.3 is 0 Å². The first kappa shape index (κ1) is 31.3. The van der Waals surface area contributed by atoms with Gasteiger partial charge in [0.15, 0.2) is 0 Å². The molecule has 3 N–H and O–H groups in total. The van der Waals surface area contributed by atoms with Crippen LogP contribution < -0.4 is 16.0 Å². The molecule has 0 saturated carbocycles. The van der Waals surface area contributed by atoms with E-state index < -0.39 is 5.91 Å². The van der Waals surface area contributed by atoms with Gasteiger partial charge in [-0.05, 0) is 70.6 Å². The molecule has 0 aliphatic heterocycles. The van der Waals surface area contributed by atoms with E-state index in [-0.39, 0.29) is 22.8 Å². The molecule has 232 valence electrons. The second-order valence-corrected chi connectivity index (χ2v) is 12.2. The standard InChI is InChI=1S/C40H33N3O3S/c1-2-37(40(46)42-35-24-11-18-28-14-7-9-23-34(28)35)47-32-21-12-20-31(26-32)41-39(45)36(43-38(44)29-15-4-3-5-16-29)25-30-19-10-17-27-13-6-8-22-33(27)30/h3-26,37H,2H2,1H3,(H,41,45)(H,42,46)(H,43,44)/b36-25+. The second kappa shape index (κ2) is 14.6. The van der Waals surface area contributed by atoms with Crippen molar-refractivity contribution in [2.75, 3.05) is 10.6 Å². The van der Waals surface area contributed by atoms with Gasteiger partial charge in [0.1, 0.15) is 5.70 Å². The van der Waals surface area contributed by atoms with Crippen molar-refractivity contribution in [3.63, 3.8) is 0 Å². The van der Waals surface area contributed by atoms with Crippen LogP contribution in [0.15, 0.2) is 150 Å². The average Bonchev–Trinajstić information content (AvgIpc) is 3.11. The lowest BCUT2D eigenvalue weighted by molar-refractivity contribution is -0.116. The van der Waals surface area contributed by atoms with Crippen molar-refractivity contribution in [1.82, 2.24) is 5.32 Å². The monoisotopic (exact) mass is 635 g/mol. The first-order chi connectivity index (χ1) is 23.0. The van der Waals surface area contributed by atoms with Crippen LogP contribution in [0.5, 0.6) is 0 Å². The van der Waals surface area contributed by atoms with Gasteiger partial charge in [-0.3, -0.25) is 14.4 Å². The predicted molar refractivity (Wildman–Crippen MR) is 193 cm³/mol. The van der Waals surface area contributed by atoms with Crippen LogP contribution in [-0.4, -0.2) is 23.0 Å². The molecular weight excluding hydrogens is 603 g/mol. The number of hydrogen-bond donors (Lipinski definition) is 3. The van der Waals surface area contributed by atoms with Crippen LogP contribution in [0.2, 0.25) is 0 Å². The highest BCUT2D eigenvalue weighted by molar-refractivity contribution is 8.00. The van der Waals surface area contributed by atoms with Gasteiger partial charge in [-0.2, -0.15) is 0 Å². The van der Waals surface area contributed by atoms with Crippen LogP contribution in [0.4, 0.5) is 11.4 Å². The molecule has 0 aliphatic carbocycles. The van der Waals surface area contributed by atoms with E-state index in [1.165, 1.54) is 11.8 Å². The molecule has 6 rings (SSSR count). The Bertz CT molecular complexity index is 2100. The van der Waals surface area contributed by atoms with Crippen molar-refractivity contribution in [1.29, 1.82) is 0 Å². The molecule has 1 unspecified atom stereocenters. The normalized spacial score (nSPS) is 12.0. The number of fused-ring (bicyclic) bond motifs is 2. The minimum atomic E-state index is -0.467. The molecule has 0 heterocycles. The van der Waals surface area contributed by atoms with E-state index >= 15 is 0 Å². The van der Waals surface area contributed by atoms with E-state index in [0.29, 0.717) is 17.7 Å². The lowest BCUT2D eigenvalue weighted by Crippen LogP contribution is -2.30. The number of carbonyl (C=O) groups excluding carboxylic acids is 3. The highest BCUT2D eigenvalue weighted by Gasteiger charge is 2.20. The molecule has 0 fully saturated rings. The predicted octanol–water partition coefficient (Wildman–Crippen LogP) is 8.91. The molecule has 6 aromatic carbocycles. The molecule has 6 aromatic rings. The summed E-state index contributed by atoms with van der Waals surface area (Å²) in [6.45, 7) is 1.98. The quantitative estimate of drug-likeness (QED) is 0.104. The maximum atomic E-state index is 13.8. The van der Waals surface area contributed by atoms with Crippen LogP contribution >= 0.6 is 11.8 Å². The second-order valence-electron chi connectivity index (χ2n) is 11.0. The summed E-state index contributed by atoms with van der Waals surface area (Å²) in [5, 5.41) is 12.6. The topological polar surface area (TPSA) is 87.3 Å². The van der Waals surface area contributed by atoms with Gasteiger partial charge in [-0.15, -0.1) is 11.8 Å². The Morgan fingerprint density at radius 2 is 1.32 bits per heavy atom. The molecule has 47 heavy (non-hydrogen) atoms. The highest BCUT2D eigenvalue weighted by Crippen LogP contribution is 2.30. The van der Waals surface area contributed by atoms with E-state index in [2.05, 4.69) is 16.0 Å². The zero-order chi connectivity index (χ0) is 32.6. The number of amides is 3. The third-order valence-corrected chi connectivity index (χ3v) is 9.09. The first-order valence-electron chi connectivity index (χ1n) is 15.4. The minimum Gasteiger partial charge on any atom is -0.325 e. The summed E-state index contributed by atoms with van der Waals surface area (Å²) in [6.07, 6.45) is 2.31. The third-order valence-electron chi connectivity index (χ3n) is 7.73. The van der Waals surface area contributed by atoms with Crippen molar-refractivity contribution < 1.29 is 14.4 Å². The van der Waals surface area contributed by atoms with Gasteiger partial charge in [-0.1, -0.05) is 110 Å². The Labute approximate surface area is 277 Å². The fraction of sp³-hybridized carbons (Fsp3) is 0.0750. The number of anilines is 2. The Balaban J connectivity index is 1.22. The fourth-order valence-corrected chi connectivity index (χ4v) is 6.37. The lowest BCUT2D eigenvalue weighted by atomic mass is 10.0. The molecule has 0 saturated heterocycles. The summed E-state index contributed by atoms with van der Waals surface area (Å²) in [5.41, 5.74) is 2.66. The minimum absolute atomic E-state index is 0.0905. The van der Waals surface area contributed by atoms with Gasteiger partial charge < -0.3 is 16.0 Å². The maximum Gasteiger partial charge on any atom is 0.272 e. The zero-order valence-corrected chi connectivity index (χ0v) is 26.6. The Morgan fingerprint density at radius 1 is 0.681 bits per heavy atom. The molecule has 0 aliphatic rings. The van der Waals surface area contributed by atoms with Gasteiger partial charge in [-0.25, -0.2) is 0 Å². The van der Waals surface area contributed by atoms with Crippen LogP contribution in [0.25, 0.3) is 27.6 Å². The number of hydrogen-bond acceptors (Lipinski definition) is 4. The Hall–Kier alpha value is -5.66. The van der Waals surface area contributed by atoms with Gasteiger partial charge in [0, 0.05) is 27.2 Å². The summed E-state index contributed by atoms with van der Waals surface area (Å²) < 4.78 is 0. The van der Waals surface area contributed by atoms with E-state index in [1.807, 2.05) is 116 Å². The molecular formula is C40H33N3O3S. The number of carbonyl (C=O) groups is 3. The summed E-state index contributed by atoms with van der Waals surface area (Å²) in [7, 11) is 0. The summed E-state index contributed by atoms with van der Waals surface area (Å²) in [4.78, 5) is 41.1. The lowest BCUT2D eigenvalue weighted by Gasteiger charge is -2.17. The van der Waals surface area contributed by atoms with Crippen LogP contribution in [-0.2, 0) is 9.59 Å². The van der Waals surface area contributed by atoms with Crippen molar-refractivity contribution in [2.24, 2.45) is 0 Å². The van der Waals surface area contributed by atoms with E-state index in [0.717, 1.165) is 37.7 Å². The molecule has 7 heteroatoms. The van der Waals surface area contributed by atoms with Crippen LogP contribution in [0, 0.1) is 0 Å². The molecule has 0 radical (unpaired) electrons. The highest BCUT2D eigenvalue weighted by atomic mass is 32.2. The fourth-order valence-electron chi connectivity index (χ4n) is 5.35. The molecule has 0 bridgehead atoms. The molecule has 6 nitrogen and oxygen atoms in total. The van der Waals surface area contributed by atoms with Crippen molar-refractivity contribution >= 4 is 68.5 Å².